The molecule has 0 bridgehead atoms. The molecule has 0 atom stereocenters. The lowest BCUT2D eigenvalue weighted by Gasteiger charge is -2.37. The SMILES string of the molecule is O=C(NC1(CO)CCOCC1)C(F)(F)C(F)(F)F. The minimum absolute atomic E-state index is 0.0246. The number of aliphatic hydroxyl groups is 1. The topological polar surface area (TPSA) is 58.6 Å². The van der Waals surface area contributed by atoms with Crippen LogP contribution < -0.4 is 5.32 Å². The van der Waals surface area contributed by atoms with Crippen molar-refractivity contribution in [1.29, 1.82) is 0 Å². The molecular weight excluding hydrogens is 265 g/mol. The molecule has 0 aromatic carbocycles. The fraction of sp³-hybridized carbons (Fsp3) is 0.889. The van der Waals surface area contributed by atoms with E-state index < -0.39 is 30.2 Å². The number of amides is 1. The number of nitrogens with one attached hydrogen (secondary N) is 1. The van der Waals surface area contributed by atoms with Crippen molar-refractivity contribution in [2.75, 3.05) is 19.8 Å². The van der Waals surface area contributed by atoms with Gasteiger partial charge in [0, 0.05) is 13.2 Å². The van der Waals surface area contributed by atoms with E-state index in [0.29, 0.717) is 0 Å². The van der Waals surface area contributed by atoms with Crippen LogP contribution in [-0.4, -0.2) is 48.5 Å². The zero-order chi connectivity index (χ0) is 14.0. The van der Waals surface area contributed by atoms with Crippen molar-refractivity contribution in [1.82, 2.24) is 5.32 Å². The minimum Gasteiger partial charge on any atom is -0.394 e. The van der Waals surface area contributed by atoms with Crippen LogP contribution in [0.25, 0.3) is 0 Å². The molecule has 1 aliphatic heterocycles. The Labute approximate surface area is 99.1 Å². The van der Waals surface area contributed by atoms with E-state index in [9.17, 15) is 26.7 Å². The second-order valence-electron chi connectivity index (χ2n) is 4.08. The van der Waals surface area contributed by atoms with E-state index in [0.717, 1.165) is 0 Å². The fourth-order valence-electron chi connectivity index (χ4n) is 1.53. The molecule has 1 rings (SSSR count). The van der Waals surface area contributed by atoms with Crippen molar-refractivity contribution in [2.24, 2.45) is 0 Å². The Bertz CT molecular complexity index is 312. The highest BCUT2D eigenvalue weighted by molar-refractivity contribution is 5.85. The van der Waals surface area contributed by atoms with E-state index in [1.165, 1.54) is 0 Å². The van der Waals surface area contributed by atoms with Gasteiger partial charge in [-0.2, -0.15) is 22.0 Å². The van der Waals surface area contributed by atoms with Crippen molar-refractivity contribution in [3.8, 4) is 0 Å². The van der Waals surface area contributed by atoms with Gasteiger partial charge in [-0.3, -0.25) is 4.79 Å². The molecule has 4 nitrogen and oxygen atoms in total. The maximum atomic E-state index is 12.7. The summed E-state index contributed by atoms with van der Waals surface area (Å²) in [5, 5.41) is 10.7. The first kappa shape index (κ1) is 15.1. The Morgan fingerprint density at radius 2 is 1.72 bits per heavy atom. The number of ether oxygens (including phenoxy) is 1. The quantitative estimate of drug-likeness (QED) is 0.752. The first-order chi connectivity index (χ1) is 8.15. The third-order valence-electron chi connectivity index (χ3n) is 2.77. The summed E-state index contributed by atoms with van der Waals surface area (Å²) in [6.07, 6.45) is -6.01. The molecule has 1 aliphatic rings. The van der Waals surface area contributed by atoms with Gasteiger partial charge in [0.1, 0.15) is 0 Å². The van der Waals surface area contributed by atoms with Gasteiger partial charge < -0.3 is 15.2 Å². The summed E-state index contributed by atoms with van der Waals surface area (Å²) >= 11 is 0. The van der Waals surface area contributed by atoms with Crippen LogP contribution in [0.2, 0.25) is 0 Å². The first-order valence-electron chi connectivity index (χ1n) is 5.10. The number of aliphatic hydroxyl groups excluding tert-OH is 1. The molecule has 9 heteroatoms. The van der Waals surface area contributed by atoms with Crippen LogP contribution in [0.4, 0.5) is 22.0 Å². The Balaban J connectivity index is 2.79. The van der Waals surface area contributed by atoms with Crippen LogP contribution in [0.3, 0.4) is 0 Å². The molecule has 18 heavy (non-hydrogen) atoms. The van der Waals surface area contributed by atoms with Crippen LogP contribution in [0.15, 0.2) is 0 Å². The van der Waals surface area contributed by atoms with Crippen LogP contribution in [0, 0.1) is 0 Å². The number of hydrogen-bond acceptors (Lipinski definition) is 3. The molecule has 1 amide bonds. The largest absolute Gasteiger partial charge is 0.463 e. The van der Waals surface area contributed by atoms with E-state index in [1.54, 1.807) is 5.32 Å². The predicted molar refractivity (Wildman–Crippen MR) is 49.0 cm³/mol. The van der Waals surface area contributed by atoms with E-state index in [1.807, 2.05) is 0 Å². The number of halogens is 5. The van der Waals surface area contributed by atoms with E-state index in [-0.39, 0.29) is 26.1 Å². The number of carbonyl (C=O) groups is 1. The van der Waals surface area contributed by atoms with Crippen molar-refractivity contribution in [3.05, 3.63) is 0 Å². The third-order valence-corrected chi connectivity index (χ3v) is 2.77. The second kappa shape index (κ2) is 4.96. The normalized spacial score (nSPS) is 20.6. The van der Waals surface area contributed by atoms with E-state index in [4.69, 9.17) is 9.84 Å². The molecule has 0 aromatic rings. The zero-order valence-corrected chi connectivity index (χ0v) is 9.19. The lowest BCUT2D eigenvalue weighted by molar-refractivity contribution is -0.270. The molecule has 0 radical (unpaired) electrons. The Kier molecular flexibility index (Phi) is 4.16. The van der Waals surface area contributed by atoms with Crippen molar-refractivity contribution in [2.45, 2.75) is 30.5 Å². The first-order valence-corrected chi connectivity index (χ1v) is 5.10. The van der Waals surface area contributed by atoms with Gasteiger partial charge >= 0.3 is 18.0 Å². The Morgan fingerprint density at radius 1 is 1.22 bits per heavy atom. The average molecular weight is 277 g/mol. The van der Waals surface area contributed by atoms with Crippen molar-refractivity contribution in [3.63, 3.8) is 0 Å². The van der Waals surface area contributed by atoms with Gasteiger partial charge in [-0.15, -0.1) is 0 Å². The molecule has 0 aliphatic carbocycles. The maximum absolute atomic E-state index is 12.7. The standard InChI is InChI=1S/C9H12F5NO3/c10-8(11,9(12,13)14)6(17)15-7(5-16)1-3-18-4-2-7/h16H,1-5H2,(H,15,17). The summed E-state index contributed by atoms with van der Waals surface area (Å²) in [5.74, 6) is -7.93. The molecule has 0 saturated carbocycles. The highest BCUT2D eigenvalue weighted by Gasteiger charge is 2.64. The summed E-state index contributed by atoms with van der Waals surface area (Å²) in [5.41, 5.74) is -1.48. The van der Waals surface area contributed by atoms with Gasteiger partial charge in [-0.05, 0) is 12.8 Å². The van der Waals surface area contributed by atoms with E-state index >= 15 is 0 Å². The molecule has 1 saturated heterocycles. The highest BCUT2D eigenvalue weighted by atomic mass is 19.4. The number of alkyl halides is 5. The van der Waals surface area contributed by atoms with Gasteiger partial charge in [0.25, 0.3) is 0 Å². The van der Waals surface area contributed by atoms with Gasteiger partial charge in [0.15, 0.2) is 0 Å². The fourth-order valence-corrected chi connectivity index (χ4v) is 1.53. The second-order valence-corrected chi connectivity index (χ2v) is 4.08. The Morgan fingerprint density at radius 3 is 2.11 bits per heavy atom. The summed E-state index contributed by atoms with van der Waals surface area (Å²) in [6, 6.07) is 0. The number of carbonyl (C=O) groups excluding carboxylic acids is 1. The van der Waals surface area contributed by atoms with Crippen molar-refractivity contribution >= 4 is 5.91 Å². The predicted octanol–water partition coefficient (Wildman–Crippen LogP) is 0.842. The lowest BCUT2D eigenvalue weighted by atomic mass is 9.90. The molecule has 1 fully saturated rings. The lowest BCUT2D eigenvalue weighted by Crippen LogP contribution is -2.61. The van der Waals surface area contributed by atoms with Crippen LogP contribution in [0.5, 0.6) is 0 Å². The molecule has 0 unspecified atom stereocenters. The third kappa shape index (κ3) is 2.89. The smallest absolute Gasteiger partial charge is 0.394 e. The number of hydrogen-bond donors (Lipinski definition) is 2. The average Bonchev–Trinajstić information content (AvgIpc) is 2.28. The van der Waals surface area contributed by atoms with Crippen molar-refractivity contribution < 1.29 is 36.6 Å². The van der Waals surface area contributed by atoms with Gasteiger partial charge in [-0.25, -0.2) is 0 Å². The van der Waals surface area contributed by atoms with Crippen LogP contribution in [0.1, 0.15) is 12.8 Å². The summed E-state index contributed by atoms with van der Waals surface area (Å²) in [4.78, 5) is 11.0. The summed E-state index contributed by atoms with van der Waals surface area (Å²) < 4.78 is 66.3. The highest BCUT2D eigenvalue weighted by Crippen LogP contribution is 2.36. The Hall–Kier alpha value is -0.960. The molecular formula is C9H12F5NO3. The monoisotopic (exact) mass is 277 g/mol. The molecule has 2 N–H and O–H groups in total. The molecule has 1 heterocycles. The van der Waals surface area contributed by atoms with Crippen LogP contribution >= 0.6 is 0 Å². The maximum Gasteiger partial charge on any atom is 0.463 e. The van der Waals surface area contributed by atoms with Gasteiger partial charge in [-0.1, -0.05) is 0 Å². The zero-order valence-electron chi connectivity index (χ0n) is 9.19. The van der Waals surface area contributed by atoms with Gasteiger partial charge in [0.05, 0.1) is 12.1 Å². The van der Waals surface area contributed by atoms with Crippen LogP contribution in [-0.2, 0) is 9.53 Å². The van der Waals surface area contributed by atoms with Gasteiger partial charge in [0.2, 0.25) is 0 Å². The minimum atomic E-state index is -5.96. The molecule has 0 spiro atoms. The molecule has 106 valence electrons. The number of rotatable bonds is 3. The summed E-state index contributed by atoms with van der Waals surface area (Å²) in [6.45, 7) is -0.590. The van der Waals surface area contributed by atoms with E-state index in [2.05, 4.69) is 0 Å². The summed E-state index contributed by atoms with van der Waals surface area (Å²) in [7, 11) is 0. The molecule has 0 aromatic heterocycles.